The van der Waals surface area contributed by atoms with Gasteiger partial charge in [-0.15, -0.1) is 0 Å². The molecule has 1 aliphatic heterocycles. The molecular weight excluding hydrogens is 242 g/mol. The van der Waals surface area contributed by atoms with E-state index >= 15 is 0 Å². The quantitative estimate of drug-likeness (QED) is 0.837. The third-order valence-electron chi connectivity index (χ3n) is 2.73. The number of ether oxygens (including phenoxy) is 2. The molecule has 0 unspecified atom stereocenters. The minimum atomic E-state index is 0.0279. The summed E-state index contributed by atoms with van der Waals surface area (Å²) in [4.78, 5) is 0. The van der Waals surface area contributed by atoms with E-state index in [-0.39, 0.29) is 12.4 Å². The van der Waals surface area contributed by atoms with Crippen LogP contribution in [-0.4, -0.2) is 6.79 Å². The van der Waals surface area contributed by atoms with Crippen molar-refractivity contribution in [3.8, 4) is 23.6 Å². The molecule has 19 heavy (non-hydrogen) atoms. The third-order valence-corrected chi connectivity index (χ3v) is 2.73. The molecule has 0 fully saturated rings. The minimum absolute atomic E-state index is 0.0279. The standard InChI is InChI=1S/C14H13N3O2/c1-2-3-11-4-13-14(19-9-18-13)5-12(11)17-8-10(6-15)7-16/h4-5,8,17H,2-3,9H2,1H3. The van der Waals surface area contributed by atoms with Crippen molar-refractivity contribution in [1.29, 1.82) is 10.5 Å². The van der Waals surface area contributed by atoms with Crippen LogP contribution in [0.4, 0.5) is 5.69 Å². The number of fused-ring (bicyclic) bond motifs is 1. The van der Waals surface area contributed by atoms with Gasteiger partial charge in [0.1, 0.15) is 17.7 Å². The summed E-state index contributed by atoms with van der Waals surface area (Å²) < 4.78 is 10.7. The van der Waals surface area contributed by atoms with Gasteiger partial charge in [-0.1, -0.05) is 13.3 Å². The second kappa shape index (κ2) is 5.79. The number of hydrogen-bond donors (Lipinski definition) is 1. The van der Waals surface area contributed by atoms with Crippen LogP contribution in [0.25, 0.3) is 0 Å². The molecule has 0 atom stereocenters. The molecule has 0 bridgehead atoms. The Balaban J connectivity index is 2.31. The van der Waals surface area contributed by atoms with Crippen LogP contribution in [-0.2, 0) is 6.42 Å². The van der Waals surface area contributed by atoms with Crippen LogP contribution >= 0.6 is 0 Å². The van der Waals surface area contributed by atoms with Gasteiger partial charge in [-0.2, -0.15) is 10.5 Å². The fourth-order valence-corrected chi connectivity index (χ4v) is 1.83. The minimum Gasteiger partial charge on any atom is -0.454 e. The second-order valence-electron chi connectivity index (χ2n) is 4.04. The highest BCUT2D eigenvalue weighted by molar-refractivity contribution is 5.63. The Morgan fingerprint density at radius 1 is 1.32 bits per heavy atom. The second-order valence-corrected chi connectivity index (χ2v) is 4.04. The molecule has 2 rings (SSSR count). The van der Waals surface area contributed by atoms with Gasteiger partial charge in [-0.3, -0.25) is 0 Å². The van der Waals surface area contributed by atoms with E-state index in [0.717, 1.165) is 29.8 Å². The SMILES string of the molecule is CCCc1cc2c(cc1NC=C(C#N)C#N)OCO2. The van der Waals surface area contributed by atoms with Gasteiger partial charge in [0.2, 0.25) is 6.79 Å². The Morgan fingerprint density at radius 3 is 2.63 bits per heavy atom. The summed E-state index contributed by atoms with van der Waals surface area (Å²) in [6, 6.07) is 7.38. The summed E-state index contributed by atoms with van der Waals surface area (Å²) in [5.41, 5.74) is 1.92. The molecule has 5 heteroatoms. The van der Waals surface area contributed by atoms with Crippen molar-refractivity contribution in [3.05, 3.63) is 29.5 Å². The van der Waals surface area contributed by atoms with Crippen LogP contribution in [0.5, 0.6) is 11.5 Å². The molecule has 0 aliphatic carbocycles. The van der Waals surface area contributed by atoms with Gasteiger partial charge >= 0.3 is 0 Å². The molecule has 1 heterocycles. The number of allylic oxidation sites excluding steroid dienone is 1. The van der Waals surface area contributed by atoms with Gasteiger partial charge in [0.25, 0.3) is 0 Å². The van der Waals surface area contributed by atoms with Gasteiger partial charge in [0.15, 0.2) is 11.5 Å². The van der Waals surface area contributed by atoms with E-state index in [1.807, 2.05) is 24.3 Å². The van der Waals surface area contributed by atoms with Crippen LogP contribution in [0.3, 0.4) is 0 Å². The highest BCUT2D eigenvalue weighted by atomic mass is 16.7. The van der Waals surface area contributed by atoms with Crippen LogP contribution in [0, 0.1) is 22.7 Å². The Bertz CT molecular complexity index is 578. The van der Waals surface area contributed by atoms with Crippen molar-refractivity contribution in [2.75, 3.05) is 12.1 Å². The molecule has 1 aromatic carbocycles. The van der Waals surface area contributed by atoms with E-state index in [9.17, 15) is 0 Å². The van der Waals surface area contributed by atoms with Crippen LogP contribution in [0.15, 0.2) is 23.9 Å². The molecule has 96 valence electrons. The van der Waals surface area contributed by atoms with Crippen molar-refractivity contribution in [3.63, 3.8) is 0 Å². The van der Waals surface area contributed by atoms with Crippen LogP contribution in [0.2, 0.25) is 0 Å². The number of benzene rings is 1. The first-order valence-electron chi connectivity index (χ1n) is 5.98. The van der Waals surface area contributed by atoms with Crippen molar-refractivity contribution >= 4 is 5.69 Å². The number of hydrogen-bond acceptors (Lipinski definition) is 5. The maximum Gasteiger partial charge on any atom is 0.231 e. The lowest BCUT2D eigenvalue weighted by atomic mass is 10.1. The molecule has 1 N–H and O–H groups in total. The summed E-state index contributed by atoms with van der Waals surface area (Å²) in [6.45, 7) is 2.31. The van der Waals surface area contributed by atoms with Crippen LogP contribution in [0.1, 0.15) is 18.9 Å². The van der Waals surface area contributed by atoms with Crippen molar-refractivity contribution in [1.82, 2.24) is 0 Å². The maximum atomic E-state index is 8.71. The highest BCUT2D eigenvalue weighted by Crippen LogP contribution is 2.37. The lowest BCUT2D eigenvalue weighted by molar-refractivity contribution is 0.174. The summed E-state index contributed by atoms with van der Waals surface area (Å²) in [5.74, 6) is 1.41. The predicted molar refractivity (Wildman–Crippen MR) is 69.5 cm³/mol. The molecular formula is C14H13N3O2. The number of nitrogens with zero attached hydrogens (tertiary/aromatic N) is 2. The van der Waals surface area contributed by atoms with E-state index in [0.29, 0.717) is 5.75 Å². The molecule has 1 aliphatic rings. The maximum absolute atomic E-state index is 8.71. The van der Waals surface area contributed by atoms with Crippen molar-refractivity contribution < 1.29 is 9.47 Å². The van der Waals surface area contributed by atoms with Gasteiger partial charge in [-0.25, -0.2) is 0 Å². The lowest BCUT2D eigenvalue weighted by Gasteiger charge is -2.10. The van der Waals surface area contributed by atoms with E-state index in [2.05, 4.69) is 12.2 Å². The Hall–Kier alpha value is -2.66. The third kappa shape index (κ3) is 2.78. The zero-order chi connectivity index (χ0) is 13.7. The fourth-order valence-electron chi connectivity index (χ4n) is 1.83. The zero-order valence-corrected chi connectivity index (χ0v) is 10.6. The molecule has 0 saturated carbocycles. The van der Waals surface area contributed by atoms with Gasteiger partial charge < -0.3 is 14.8 Å². The van der Waals surface area contributed by atoms with Crippen molar-refractivity contribution in [2.24, 2.45) is 0 Å². The average molecular weight is 255 g/mol. The van der Waals surface area contributed by atoms with E-state index in [1.54, 1.807) is 0 Å². The number of anilines is 1. The zero-order valence-electron chi connectivity index (χ0n) is 10.6. The molecule has 0 radical (unpaired) electrons. The number of nitriles is 2. The monoisotopic (exact) mass is 255 g/mol. The normalized spacial score (nSPS) is 11.3. The summed E-state index contributed by atoms with van der Waals surface area (Å²) in [6.07, 6.45) is 3.26. The first-order chi connectivity index (χ1) is 9.28. The molecule has 0 spiro atoms. The smallest absolute Gasteiger partial charge is 0.231 e. The van der Waals surface area contributed by atoms with Crippen LogP contribution < -0.4 is 14.8 Å². The first-order valence-corrected chi connectivity index (χ1v) is 5.98. The van der Waals surface area contributed by atoms with Gasteiger partial charge in [0, 0.05) is 18.0 Å². The Kier molecular flexibility index (Phi) is 3.90. The van der Waals surface area contributed by atoms with E-state index in [4.69, 9.17) is 20.0 Å². The first kappa shape index (κ1) is 12.8. The molecule has 0 aromatic heterocycles. The Labute approximate surface area is 111 Å². The Morgan fingerprint density at radius 2 is 2.00 bits per heavy atom. The number of rotatable bonds is 4. The van der Waals surface area contributed by atoms with E-state index < -0.39 is 0 Å². The summed E-state index contributed by atoms with van der Waals surface area (Å²) >= 11 is 0. The number of nitrogens with one attached hydrogen (secondary N) is 1. The average Bonchev–Trinajstić information content (AvgIpc) is 2.87. The summed E-state index contributed by atoms with van der Waals surface area (Å²) in [5, 5.41) is 20.4. The molecule has 5 nitrogen and oxygen atoms in total. The van der Waals surface area contributed by atoms with Gasteiger partial charge in [0.05, 0.1) is 0 Å². The van der Waals surface area contributed by atoms with Gasteiger partial charge in [-0.05, 0) is 18.1 Å². The largest absolute Gasteiger partial charge is 0.454 e. The predicted octanol–water partition coefficient (Wildman–Crippen LogP) is 2.71. The molecule has 0 amide bonds. The van der Waals surface area contributed by atoms with Crippen molar-refractivity contribution in [2.45, 2.75) is 19.8 Å². The topological polar surface area (TPSA) is 78.1 Å². The molecule has 1 aromatic rings. The highest BCUT2D eigenvalue weighted by Gasteiger charge is 2.16. The van der Waals surface area contributed by atoms with E-state index in [1.165, 1.54) is 6.20 Å². The fraction of sp³-hybridized carbons (Fsp3) is 0.286. The number of aryl methyl sites for hydroxylation is 1. The summed E-state index contributed by atoms with van der Waals surface area (Å²) in [7, 11) is 0. The lowest BCUT2D eigenvalue weighted by Crippen LogP contribution is -1.96. The molecule has 0 saturated heterocycles.